The van der Waals surface area contributed by atoms with Crippen molar-refractivity contribution in [3.8, 4) is 0 Å². The molecule has 0 aliphatic heterocycles. The van der Waals surface area contributed by atoms with E-state index < -0.39 is 0 Å². The van der Waals surface area contributed by atoms with Crippen LogP contribution in [0, 0.1) is 0 Å². The zero-order valence-corrected chi connectivity index (χ0v) is 13.6. The smallest absolute Gasteiger partial charge is 0.244 e. The van der Waals surface area contributed by atoms with E-state index in [-0.39, 0.29) is 18.5 Å². The van der Waals surface area contributed by atoms with Gasteiger partial charge in [-0.2, -0.15) is 0 Å². The Labute approximate surface area is 133 Å². The summed E-state index contributed by atoms with van der Waals surface area (Å²) >= 11 is 3.41. The van der Waals surface area contributed by atoms with Crippen molar-refractivity contribution in [2.45, 2.75) is 32.4 Å². The van der Waals surface area contributed by atoms with Crippen LogP contribution in [-0.2, 0) is 11.3 Å². The van der Waals surface area contributed by atoms with Gasteiger partial charge in [0.2, 0.25) is 5.91 Å². The Kier molecular flexibility index (Phi) is 5.59. The topological polar surface area (TPSA) is 60.0 Å². The van der Waals surface area contributed by atoms with E-state index >= 15 is 0 Å². The molecule has 21 heavy (non-hydrogen) atoms. The molecule has 0 spiro atoms. The van der Waals surface area contributed by atoms with E-state index in [1.54, 1.807) is 0 Å². The first kappa shape index (κ1) is 15.8. The fourth-order valence-electron chi connectivity index (χ4n) is 2.17. The molecule has 0 saturated carbocycles. The Morgan fingerprint density at radius 1 is 1.38 bits per heavy atom. The summed E-state index contributed by atoms with van der Waals surface area (Å²) in [5, 5.41) is 2.88. The number of amides is 1. The number of nitrogens with two attached hydrogens (primary N) is 1. The zero-order valence-electron chi connectivity index (χ0n) is 12.1. The Balaban J connectivity index is 1.96. The van der Waals surface area contributed by atoms with Gasteiger partial charge in [-0.3, -0.25) is 4.79 Å². The van der Waals surface area contributed by atoms with Crippen LogP contribution < -0.4 is 11.1 Å². The maximum Gasteiger partial charge on any atom is 0.244 e. The minimum atomic E-state index is -0.0619. The second-order valence-electron chi connectivity index (χ2n) is 5.04. The molecule has 0 radical (unpaired) electrons. The van der Waals surface area contributed by atoms with Gasteiger partial charge in [0, 0.05) is 22.9 Å². The molecule has 112 valence electrons. The third-order valence-electron chi connectivity index (χ3n) is 3.28. The lowest BCUT2D eigenvalue weighted by atomic mass is 10.1. The highest BCUT2D eigenvalue weighted by Crippen LogP contribution is 2.21. The van der Waals surface area contributed by atoms with Gasteiger partial charge in [0.05, 0.1) is 5.69 Å². The summed E-state index contributed by atoms with van der Waals surface area (Å²) in [6, 6.07) is 9.58. The molecule has 1 unspecified atom stereocenters. The zero-order chi connectivity index (χ0) is 15.2. The lowest BCUT2D eigenvalue weighted by molar-refractivity contribution is -0.116. The van der Waals surface area contributed by atoms with Crippen LogP contribution in [-0.4, -0.2) is 10.5 Å². The number of carbonyl (C=O) groups excluding carboxylic acids is 1. The number of anilines is 1. The number of carbonyl (C=O) groups is 1. The van der Waals surface area contributed by atoms with Crippen molar-refractivity contribution in [1.82, 2.24) is 4.57 Å². The molecule has 1 heterocycles. The van der Waals surface area contributed by atoms with Crippen molar-refractivity contribution in [2.24, 2.45) is 5.73 Å². The average molecular weight is 350 g/mol. The van der Waals surface area contributed by atoms with Crippen molar-refractivity contribution >= 4 is 27.5 Å². The number of halogens is 1. The largest absolute Gasteiger partial charge is 0.345 e. The number of rotatable bonds is 6. The maximum absolute atomic E-state index is 12.1. The Hall–Kier alpha value is -1.59. The molecular formula is C16H20BrN3O. The molecule has 0 bridgehead atoms. The fourth-order valence-corrected chi connectivity index (χ4v) is 2.56. The van der Waals surface area contributed by atoms with Gasteiger partial charge in [-0.05, 0) is 46.1 Å². The Bertz CT molecular complexity index is 609. The van der Waals surface area contributed by atoms with Crippen molar-refractivity contribution < 1.29 is 4.79 Å². The second-order valence-corrected chi connectivity index (χ2v) is 5.89. The first-order valence-electron chi connectivity index (χ1n) is 7.05. The minimum Gasteiger partial charge on any atom is -0.345 e. The van der Waals surface area contributed by atoms with E-state index in [9.17, 15) is 4.79 Å². The van der Waals surface area contributed by atoms with E-state index in [1.165, 1.54) is 0 Å². The molecular weight excluding hydrogens is 330 g/mol. The van der Waals surface area contributed by atoms with Crippen molar-refractivity contribution in [1.29, 1.82) is 0 Å². The van der Waals surface area contributed by atoms with Gasteiger partial charge in [0.15, 0.2) is 0 Å². The van der Waals surface area contributed by atoms with Gasteiger partial charge >= 0.3 is 0 Å². The SMILES string of the molecule is CCCC(N)c1ccn(CC(=O)Nc2ccccc2Br)c1. The van der Waals surface area contributed by atoms with Crippen LogP contribution in [0.5, 0.6) is 0 Å². The highest BCUT2D eigenvalue weighted by molar-refractivity contribution is 9.10. The predicted octanol–water partition coefficient (Wildman–Crippen LogP) is 3.69. The van der Waals surface area contributed by atoms with Crippen LogP contribution in [0.2, 0.25) is 0 Å². The molecule has 1 aromatic heterocycles. The second kappa shape index (κ2) is 7.43. The summed E-state index contributed by atoms with van der Waals surface area (Å²) < 4.78 is 2.73. The van der Waals surface area contributed by atoms with Crippen molar-refractivity contribution in [2.75, 3.05) is 5.32 Å². The third kappa shape index (κ3) is 4.44. The molecule has 3 N–H and O–H groups in total. The summed E-state index contributed by atoms with van der Waals surface area (Å²) in [5.41, 5.74) is 7.92. The molecule has 0 aliphatic carbocycles. The first-order chi connectivity index (χ1) is 10.1. The van der Waals surface area contributed by atoms with Gasteiger partial charge in [0.1, 0.15) is 6.54 Å². The third-order valence-corrected chi connectivity index (χ3v) is 3.97. The van der Waals surface area contributed by atoms with Gasteiger partial charge in [-0.1, -0.05) is 25.5 Å². The van der Waals surface area contributed by atoms with E-state index in [1.807, 2.05) is 47.3 Å². The van der Waals surface area contributed by atoms with Crippen molar-refractivity contribution in [3.05, 3.63) is 52.8 Å². The lowest BCUT2D eigenvalue weighted by Gasteiger charge is -2.09. The number of hydrogen-bond donors (Lipinski definition) is 2. The molecule has 1 atom stereocenters. The minimum absolute atomic E-state index is 0.0441. The van der Waals surface area contributed by atoms with Gasteiger partial charge < -0.3 is 15.6 Å². The normalized spacial score (nSPS) is 12.1. The summed E-state index contributed by atoms with van der Waals surface area (Å²) in [6.07, 6.45) is 5.84. The molecule has 0 fully saturated rings. The standard InChI is InChI=1S/C16H20BrN3O/c1-2-5-14(18)12-8-9-20(10-12)11-16(21)19-15-7-4-3-6-13(15)17/h3-4,6-10,14H,2,5,11,18H2,1H3,(H,19,21). The number of aromatic nitrogens is 1. The number of nitrogens with zero attached hydrogens (tertiary/aromatic N) is 1. The summed E-state index contributed by atoms with van der Waals surface area (Å²) in [7, 11) is 0. The van der Waals surface area contributed by atoms with Crippen LogP contribution >= 0.6 is 15.9 Å². The van der Waals surface area contributed by atoms with Crippen molar-refractivity contribution in [3.63, 3.8) is 0 Å². The van der Waals surface area contributed by atoms with Crippen LogP contribution in [0.15, 0.2) is 47.2 Å². The highest BCUT2D eigenvalue weighted by Gasteiger charge is 2.09. The summed E-state index contributed by atoms with van der Waals surface area (Å²) in [6.45, 7) is 2.39. The quantitative estimate of drug-likeness (QED) is 0.835. The van der Waals surface area contributed by atoms with Gasteiger partial charge in [-0.15, -0.1) is 0 Å². The Morgan fingerprint density at radius 2 is 2.14 bits per heavy atom. The molecule has 0 aliphatic rings. The van der Waals surface area contributed by atoms with Crippen LogP contribution in [0.25, 0.3) is 0 Å². The maximum atomic E-state index is 12.1. The number of hydrogen-bond acceptors (Lipinski definition) is 2. The molecule has 5 heteroatoms. The highest BCUT2D eigenvalue weighted by atomic mass is 79.9. The monoisotopic (exact) mass is 349 g/mol. The van der Waals surface area contributed by atoms with Crippen LogP contribution in [0.1, 0.15) is 31.4 Å². The molecule has 1 aromatic carbocycles. The molecule has 2 rings (SSSR count). The fraction of sp³-hybridized carbons (Fsp3) is 0.312. The molecule has 1 amide bonds. The number of nitrogens with one attached hydrogen (secondary N) is 1. The van der Waals surface area contributed by atoms with Gasteiger partial charge in [0.25, 0.3) is 0 Å². The lowest BCUT2D eigenvalue weighted by Crippen LogP contribution is -2.18. The Morgan fingerprint density at radius 3 is 2.86 bits per heavy atom. The number of para-hydroxylation sites is 1. The van der Waals surface area contributed by atoms with E-state index in [4.69, 9.17) is 5.73 Å². The number of benzene rings is 1. The summed E-state index contributed by atoms with van der Waals surface area (Å²) in [4.78, 5) is 12.1. The first-order valence-corrected chi connectivity index (χ1v) is 7.85. The molecule has 0 saturated heterocycles. The summed E-state index contributed by atoms with van der Waals surface area (Å²) in [5.74, 6) is -0.0619. The van der Waals surface area contributed by atoms with E-state index in [0.29, 0.717) is 0 Å². The molecule has 2 aromatic rings. The van der Waals surface area contributed by atoms with E-state index in [0.717, 1.165) is 28.6 Å². The van der Waals surface area contributed by atoms with Crippen LogP contribution in [0.4, 0.5) is 5.69 Å². The van der Waals surface area contributed by atoms with E-state index in [2.05, 4.69) is 28.2 Å². The average Bonchev–Trinajstić information content (AvgIpc) is 2.90. The molecule has 4 nitrogen and oxygen atoms in total. The van der Waals surface area contributed by atoms with Gasteiger partial charge in [-0.25, -0.2) is 0 Å². The van der Waals surface area contributed by atoms with Crippen LogP contribution in [0.3, 0.4) is 0 Å². The predicted molar refractivity (Wildman–Crippen MR) is 89.0 cm³/mol.